The zero-order valence-electron chi connectivity index (χ0n) is 15.4. The average molecular weight is 357 g/mol. The van der Waals surface area contributed by atoms with Crippen LogP contribution in [-0.2, 0) is 5.41 Å². The Morgan fingerprint density at radius 3 is 2.58 bits per heavy atom. The minimum Gasteiger partial charge on any atom is -0.506 e. The number of methoxy groups -OCH3 is 1. The highest BCUT2D eigenvalue weighted by Crippen LogP contribution is 2.40. The minimum atomic E-state index is -0.373. The predicted molar refractivity (Wildman–Crippen MR) is 98.7 cm³/mol. The Hall–Kier alpha value is -2.89. The lowest BCUT2D eigenvalue weighted by atomic mass is 9.87. The fourth-order valence-electron chi connectivity index (χ4n) is 2.70. The van der Waals surface area contributed by atoms with E-state index in [1.165, 1.54) is 7.11 Å². The van der Waals surface area contributed by atoms with E-state index in [0.717, 1.165) is 5.56 Å². The van der Waals surface area contributed by atoms with E-state index in [4.69, 9.17) is 14.2 Å². The van der Waals surface area contributed by atoms with E-state index >= 15 is 0 Å². The highest BCUT2D eigenvalue weighted by Gasteiger charge is 2.22. The smallest absolute Gasteiger partial charge is 0.256 e. The number of hydrogen-bond acceptors (Lipinski definition) is 5. The molecule has 1 aliphatic heterocycles. The molecule has 26 heavy (non-hydrogen) atoms. The molecule has 2 aromatic rings. The van der Waals surface area contributed by atoms with Gasteiger partial charge in [-0.3, -0.25) is 4.79 Å². The molecule has 0 spiro atoms. The number of carbonyl (C=O) groups is 1. The van der Waals surface area contributed by atoms with Gasteiger partial charge in [-0.05, 0) is 35.2 Å². The van der Waals surface area contributed by atoms with Gasteiger partial charge >= 0.3 is 0 Å². The van der Waals surface area contributed by atoms with Crippen LogP contribution in [0.2, 0.25) is 0 Å². The van der Waals surface area contributed by atoms with Crippen molar-refractivity contribution in [1.29, 1.82) is 0 Å². The van der Waals surface area contributed by atoms with E-state index in [1.807, 2.05) is 6.07 Å². The summed E-state index contributed by atoms with van der Waals surface area (Å²) in [5, 5.41) is 12.9. The van der Waals surface area contributed by atoms with Crippen LogP contribution in [0.4, 0.5) is 5.69 Å². The zero-order valence-corrected chi connectivity index (χ0v) is 15.4. The van der Waals surface area contributed by atoms with Crippen molar-refractivity contribution in [2.24, 2.45) is 0 Å². The molecule has 0 unspecified atom stereocenters. The Balaban J connectivity index is 1.91. The third-order valence-corrected chi connectivity index (χ3v) is 4.20. The van der Waals surface area contributed by atoms with Crippen LogP contribution < -0.4 is 19.5 Å². The number of anilines is 1. The summed E-state index contributed by atoms with van der Waals surface area (Å²) < 4.78 is 16.4. The van der Waals surface area contributed by atoms with Crippen molar-refractivity contribution < 1.29 is 24.1 Å². The molecule has 2 aromatic carbocycles. The topological polar surface area (TPSA) is 77.0 Å². The molecule has 0 saturated heterocycles. The number of carbonyl (C=O) groups excluding carboxylic acids is 1. The summed E-state index contributed by atoms with van der Waals surface area (Å²) in [5.41, 5.74) is 1.61. The second-order valence-corrected chi connectivity index (χ2v) is 7.14. The molecular weight excluding hydrogens is 334 g/mol. The first kappa shape index (κ1) is 17.9. The molecule has 0 bridgehead atoms. The molecule has 1 heterocycles. The highest BCUT2D eigenvalue weighted by atomic mass is 16.6. The predicted octanol–water partition coefficient (Wildman–Crippen LogP) is 3.72. The van der Waals surface area contributed by atoms with Crippen molar-refractivity contribution >= 4 is 11.6 Å². The van der Waals surface area contributed by atoms with E-state index in [9.17, 15) is 9.90 Å². The first-order valence-corrected chi connectivity index (χ1v) is 8.42. The van der Waals surface area contributed by atoms with Gasteiger partial charge in [0.05, 0.1) is 12.8 Å². The van der Waals surface area contributed by atoms with Crippen molar-refractivity contribution in [3.8, 4) is 23.0 Å². The molecule has 0 aromatic heterocycles. The van der Waals surface area contributed by atoms with Gasteiger partial charge in [-0.1, -0.05) is 26.8 Å². The van der Waals surface area contributed by atoms with Crippen LogP contribution in [0, 0.1) is 0 Å². The Bertz CT molecular complexity index is 822. The summed E-state index contributed by atoms with van der Waals surface area (Å²) in [6.07, 6.45) is 0. The molecule has 138 valence electrons. The average Bonchev–Trinajstić information content (AvgIpc) is 2.61. The van der Waals surface area contributed by atoms with Gasteiger partial charge in [0.2, 0.25) is 5.75 Å². The molecule has 1 amide bonds. The Morgan fingerprint density at radius 2 is 1.88 bits per heavy atom. The van der Waals surface area contributed by atoms with E-state index in [2.05, 4.69) is 26.1 Å². The number of hydrogen-bond donors (Lipinski definition) is 2. The van der Waals surface area contributed by atoms with Gasteiger partial charge in [-0.15, -0.1) is 0 Å². The minimum absolute atomic E-state index is 0.0101. The van der Waals surface area contributed by atoms with Crippen molar-refractivity contribution in [1.82, 2.24) is 0 Å². The standard InChI is InChI=1S/C20H23NO5/c1-20(2,3)13-5-6-15(22)14(11-13)21-19(23)12-9-16(24-4)18-17(10-12)25-7-8-26-18/h5-6,9-11,22H,7-8H2,1-4H3,(H,21,23). The van der Waals surface area contributed by atoms with Gasteiger partial charge in [0.1, 0.15) is 19.0 Å². The summed E-state index contributed by atoms with van der Waals surface area (Å²) in [6.45, 7) is 7.04. The van der Waals surface area contributed by atoms with Gasteiger partial charge in [0, 0.05) is 5.56 Å². The molecule has 6 nitrogen and oxygen atoms in total. The van der Waals surface area contributed by atoms with Crippen molar-refractivity contribution in [3.63, 3.8) is 0 Å². The maximum absolute atomic E-state index is 12.7. The molecule has 0 radical (unpaired) electrons. The van der Waals surface area contributed by atoms with Gasteiger partial charge < -0.3 is 24.6 Å². The van der Waals surface area contributed by atoms with Gasteiger partial charge in [-0.25, -0.2) is 0 Å². The summed E-state index contributed by atoms with van der Waals surface area (Å²) in [5.74, 6) is 1.03. The van der Waals surface area contributed by atoms with Gasteiger partial charge in [-0.2, -0.15) is 0 Å². The van der Waals surface area contributed by atoms with Crippen LogP contribution in [0.1, 0.15) is 36.7 Å². The highest BCUT2D eigenvalue weighted by molar-refractivity contribution is 6.05. The van der Waals surface area contributed by atoms with E-state index in [-0.39, 0.29) is 17.1 Å². The number of fused-ring (bicyclic) bond motifs is 1. The first-order chi connectivity index (χ1) is 12.3. The SMILES string of the molecule is COc1cc(C(=O)Nc2cc(C(C)(C)C)ccc2O)cc2c1OCCO2. The van der Waals surface area contributed by atoms with Crippen LogP contribution in [0.15, 0.2) is 30.3 Å². The Kier molecular flexibility index (Phi) is 4.68. The Labute approximate surface area is 152 Å². The third-order valence-electron chi connectivity index (χ3n) is 4.20. The number of amides is 1. The molecule has 0 fully saturated rings. The first-order valence-electron chi connectivity index (χ1n) is 8.42. The summed E-state index contributed by atoms with van der Waals surface area (Å²) in [7, 11) is 1.51. The molecule has 1 aliphatic rings. The number of benzene rings is 2. The number of nitrogens with one attached hydrogen (secondary N) is 1. The van der Waals surface area contributed by atoms with E-state index in [0.29, 0.717) is 41.7 Å². The number of phenols is 1. The van der Waals surface area contributed by atoms with Crippen molar-refractivity contribution in [2.45, 2.75) is 26.2 Å². The van der Waals surface area contributed by atoms with Crippen LogP contribution in [0.5, 0.6) is 23.0 Å². The lowest BCUT2D eigenvalue weighted by Crippen LogP contribution is -2.18. The van der Waals surface area contributed by atoms with Crippen LogP contribution >= 0.6 is 0 Å². The zero-order chi connectivity index (χ0) is 18.9. The fourth-order valence-corrected chi connectivity index (χ4v) is 2.70. The maximum Gasteiger partial charge on any atom is 0.256 e. The van der Waals surface area contributed by atoms with Crippen LogP contribution in [0.3, 0.4) is 0 Å². The summed E-state index contributed by atoms with van der Waals surface area (Å²) in [4.78, 5) is 12.7. The van der Waals surface area contributed by atoms with Crippen LogP contribution in [-0.4, -0.2) is 31.3 Å². The second kappa shape index (κ2) is 6.78. The molecule has 0 aliphatic carbocycles. The third kappa shape index (κ3) is 3.54. The number of rotatable bonds is 3. The molecule has 2 N–H and O–H groups in total. The van der Waals surface area contributed by atoms with Crippen LogP contribution in [0.25, 0.3) is 0 Å². The molecule has 0 atom stereocenters. The normalized spacial score (nSPS) is 13.2. The van der Waals surface area contributed by atoms with Crippen molar-refractivity contribution in [3.05, 3.63) is 41.5 Å². The largest absolute Gasteiger partial charge is 0.506 e. The van der Waals surface area contributed by atoms with Gasteiger partial charge in [0.25, 0.3) is 5.91 Å². The molecule has 0 saturated carbocycles. The molecule has 3 rings (SSSR count). The molecular formula is C20H23NO5. The van der Waals surface area contributed by atoms with E-state index in [1.54, 1.807) is 24.3 Å². The van der Waals surface area contributed by atoms with Gasteiger partial charge in [0.15, 0.2) is 11.5 Å². The second-order valence-electron chi connectivity index (χ2n) is 7.14. The summed E-state index contributed by atoms with van der Waals surface area (Å²) >= 11 is 0. The summed E-state index contributed by atoms with van der Waals surface area (Å²) in [6, 6.07) is 8.41. The maximum atomic E-state index is 12.7. The van der Waals surface area contributed by atoms with E-state index < -0.39 is 0 Å². The number of phenolic OH excluding ortho intramolecular Hbond substituents is 1. The monoisotopic (exact) mass is 357 g/mol. The Morgan fingerprint density at radius 1 is 1.15 bits per heavy atom. The fraction of sp³-hybridized carbons (Fsp3) is 0.350. The van der Waals surface area contributed by atoms with Crippen molar-refractivity contribution in [2.75, 3.05) is 25.6 Å². The number of aromatic hydroxyl groups is 1. The quantitative estimate of drug-likeness (QED) is 0.819. The lowest BCUT2D eigenvalue weighted by molar-refractivity contribution is 0.102. The number of ether oxygens (including phenoxy) is 3. The lowest BCUT2D eigenvalue weighted by Gasteiger charge is -2.22. The molecule has 6 heteroatoms.